The summed E-state index contributed by atoms with van der Waals surface area (Å²) in [6.45, 7) is 15.1. The number of sulfonamides is 1. The maximum absolute atomic E-state index is 13.4. The van der Waals surface area contributed by atoms with Crippen LogP contribution in [0, 0.1) is 19.8 Å². The number of carboxylic acids is 1. The first kappa shape index (κ1) is 39.2. The number of fused-ring (bicyclic) bond motifs is 1. The van der Waals surface area contributed by atoms with E-state index in [9.17, 15) is 18.3 Å². The van der Waals surface area contributed by atoms with E-state index in [1.807, 2.05) is 38.1 Å². The second-order valence-electron chi connectivity index (χ2n) is 13.4. The maximum Gasteiger partial charge on any atom is 0.335 e. The minimum absolute atomic E-state index is 0. The van der Waals surface area contributed by atoms with E-state index in [0.717, 1.165) is 47.1 Å². The fourth-order valence-electron chi connectivity index (χ4n) is 5.81. The van der Waals surface area contributed by atoms with Crippen LogP contribution in [0.1, 0.15) is 80.4 Å². The van der Waals surface area contributed by atoms with Crippen molar-refractivity contribution in [1.82, 2.24) is 25.3 Å². The SMILES string of the molecule is CCC(CC)[C@H](COc1cc(-c2c(C)cccc2C)nc(NS(=O)(=O)c2cccc(C(=O)O)c2)n1)NCc1cnc2oc(C(C)(C)C)cc2n1.Cl. The molecule has 14 heteroatoms. The van der Waals surface area contributed by atoms with Crippen molar-refractivity contribution in [2.45, 2.75) is 84.2 Å². The van der Waals surface area contributed by atoms with E-state index in [2.05, 4.69) is 59.6 Å². The molecule has 0 bridgehead atoms. The molecule has 3 aromatic heterocycles. The van der Waals surface area contributed by atoms with Crippen LogP contribution in [0.2, 0.25) is 0 Å². The van der Waals surface area contributed by atoms with Crippen molar-refractivity contribution in [3.8, 4) is 17.1 Å². The van der Waals surface area contributed by atoms with E-state index in [1.165, 1.54) is 18.2 Å². The van der Waals surface area contributed by atoms with Gasteiger partial charge in [0.15, 0.2) is 0 Å². The van der Waals surface area contributed by atoms with Gasteiger partial charge in [-0.3, -0.25) is 0 Å². The van der Waals surface area contributed by atoms with Gasteiger partial charge in [0.05, 0.1) is 28.0 Å². The lowest BCUT2D eigenvalue weighted by Crippen LogP contribution is -2.40. The van der Waals surface area contributed by atoms with Crippen LogP contribution in [0.15, 0.2) is 70.1 Å². The zero-order valence-corrected chi connectivity index (χ0v) is 31.5. The molecule has 3 N–H and O–H groups in total. The Morgan fingerprint density at radius 3 is 2.31 bits per heavy atom. The summed E-state index contributed by atoms with van der Waals surface area (Å²) in [5.74, 6) is -0.183. The number of carbonyl (C=O) groups is 1. The van der Waals surface area contributed by atoms with Gasteiger partial charge in [-0.1, -0.05) is 71.7 Å². The summed E-state index contributed by atoms with van der Waals surface area (Å²) < 4.78 is 41.5. The van der Waals surface area contributed by atoms with E-state index in [0.29, 0.717) is 23.5 Å². The van der Waals surface area contributed by atoms with Gasteiger partial charge in [-0.15, -0.1) is 12.4 Å². The molecule has 5 rings (SSSR count). The molecule has 12 nitrogen and oxygen atoms in total. The molecule has 0 spiro atoms. The molecule has 272 valence electrons. The first-order chi connectivity index (χ1) is 23.7. The average molecular weight is 737 g/mol. The zero-order chi connectivity index (χ0) is 36.2. The van der Waals surface area contributed by atoms with Crippen molar-refractivity contribution < 1.29 is 27.5 Å². The highest BCUT2D eigenvalue weighted by molar-refractivity contribution is 7.92. The van der Waals surface area contributed by atoms with Crippen molar-refractivity contribution in [3.63, 3.8) is 0 Å². The molecule has 0 radical (unpaired) electrons. The zero-order valence-electron chi connectivity index (χ0n) is 29.9. The fourth-order valence-corrected chi connectivity index (χ4v) is 6.80. The number of ether oxygens (including phenoxy) is 1. The standard InChI is InChI=1S/C37H44N6O6S.ClH/c1-8-24(9-2)30(38-19-26-20-39-34-29(40-26)17-31(49-34)37(5,6)7)21-48-32-18-28(33-22(3)12-10-13-23(33)4)41-36(42-32)43-50(46,47)27-15-11-14-25(16-27)35(44)45;/h10-18,20,24,30,38H,8-9,19,21H2,1-7H3,(H,44,45)(H,41,42,43);1H/t30-;/m0./s1. The third kappa shape index (κ3) is 9.40. The molecule has 0 fully saturated rings. The van der Waals surface area contributed by atoms with Gasteiger partial charge in [0.2, 0.25) is 17.5 Å². The van der Waals surface area contributed by atoms with Gasteiger partial charge in [-0.25, -0.2) is 32.9 Å². The number of aromatic carboxylic acids is 1. The monoisotopic (exact) mass is 736 g/mol. The summed E-state index contributed by atoms with van der Waals surface area (Å²) in [4.78, 5) is 29.6. The van der Waals surface area contributed by atoms with Gasteiger partial charge in [0, 0.05) is 35.7 Å². The fraction of sp³-hybridized carbons (Fsp3) is 0.378. The van der Waals surface area contributed by atoms with E-state index in [-0.39, 0.29) is 58.7 Å². The van der Waals surface area contributed by atoms with Crippen molar-refractivity contribution in [2.75, 3.05) is 11.3 Å². The Kier molecular flexibility index (Phi) is 12.4. The van der Waals surface area contributed by atoms with Gasteiger partial charge in [-0.2, -0.15) is 4.98 Å². The first-order valence-electron chi connectivity index (χ1n) is 16.6. The highest BCUT2D eigenvalue weighted by Gasteiger charge is 2.24. The van der Waals surface area contributed by atoms with Crippen LogP contribution in [0.3, 0.4) is 0 Å². The summed E-state index contributed by atoms with van der Waals surface area (Å²) in [6.07, 6.45) is 3.51. The number of aryl methyl sites for hydroxylation is 2. The predicted octanol–water partition coefficient (Wildman–Crippen LogP) is 7.49. The van der Waals surface area contributed by atoms with Crippen LogP contribution in [-0.2, 0) is 22.0 Å². The molecule has 5 aromatic rings. The van der Waals surface area contributed by atoms with E-state index in [4.69, 9.17) is 14.1 Å². The molecule has 0 amide bonds. The van der Waals surface area contributed by atoms with Crippen LogP contribution in [0.4, 0.5) is 5.95 Å². The normalized spacial score (nSPS) is 12.5. The second-order valence-corrected chi connectivity index (χ2v) is 15.1. The van der Waals surface area contributed by atoms with Gasteiger partial charge in [-0.05, 0) is 49.1 Å². The second kappa shape index (κ2) is 16.2. The summed E-state index contributed by atoms with van der Waals surface area (Å²) in [6, 6.07) is 14.5. The summed E-state index contributed by atoms with van der Waals surface area (Å²) in [5.41, 5.74) is 4.84. The van der Waals surface area contributed by atoms with Gasteiger partial charge in [0.1, 0.15) is 17.9 Å². The molecule has 51 heavy (non-hydrogen) atoms. The number of nitrogens with zero attached hydrogens (tertiary/aromatic N) is 4. The summed E-state index contributed by atoms with van der Waals surface area (Å²) >= 11 is 0. The Hall–Kier alpha value is -4.59. The summed E-state index contributed by atoms with van der Waals surface area (Å²) in [5, 5.41) is 13.0. The Morgan fingerprint density at radius 2 is 1.67 bits per heavy atom. The number of hydrogen-bond donors (Lipinski definition) is 3. The largest absolute Gasteiger partial charge is 0.478 e. The van der Waals surface area contributed by atoms with Crippen molar-refractivity contribution >= 4 is 45.6 Å². The molecule has 0 saturated heterocycles. The third-order valence-electron chi connectivity index (χ3n) is 8.66. The average Bonchev–Trinajstić information content (AvgIpc) is 3.50. The summed E-state index contributed by atoms with van der Waals surface area (Å²) in [7, 11) is -4.25. The molecule has 0 aliphatic heterocycles. The Morgan fingerprint density at radius 1 is 0.980 bits per heavy atom. The highest BCUT2D eigenvalue weighted by atomic mass is 35.5. The van der Waals surface area contributed by atoms with Gasteiger partial charge in [0.25, 0.3) is 10.0 Å². The first-order valence-corrected chi connectivity index (χ1v) is 18.1. The molecule has 0 unspecified atom stereocenters. The number of rotatable bonds is 14. The van der Waals surface area contributed by atoms with E-state index >= 15 is 0 Å². The van der Waals surface area contributed by atoms with Crippen molar-refractivity contribution in [3.05, 3.63) is 88.9 Å². The third-order valence-corrected chi connectivity index (χ3v) is 9.98. The van der Waals surface area contributed by atoms with E-state index < -0.39 is 16.0 Å². The number of furan rings is 1. The van der Waals surface area contributed by atoms with E-state index in [1.54, 1.807) is 12.3 Å². The molecular formula is C37H45ClN6O6S. The number of anilines is 1. The predicted molar refractivity (Wildman–Crippen MR) is 199 cm³/mol. The number of nitrogens with one attached hydrogen (secondary N) is 2. The number of aromatic nitrogens is 4. The van der Waals surface area contributed by atoms with Gasteiger partial charge < -0.3 is 19.6 Å². The van der Waals surface area contributed by atoms with Crippen LogP contribution in [-0.4, -0.2) is 52.1 Å². The van der Waals surface area contributed by atoms with Crippen LogP contribution < -0.4 is 14.8 Å². The maximum atomic E-state index is 13.4. The quantitative estimate of drug-likeness (QED) is 0.103. The number of benzene rings is 2. The molecule has 0 aliphatic carbocycles. The minimum atomic E-state index is -4.25. The Bertz CT molecular complexity index is 2090. The lowest BCUT2D eigenvalue weighted by atomic mass is 9.93. The lowest BCUT2D eigenvalue weighted by molar-refractivity contribution is 0.0696. The molecule has 3 heterocycles. The minimum Gasteiger partial charge on any atom is -0.478 e. The topological polar surface area (TPSA) is 169 Å². The highest BCUT2D eigenvalue weighted by Crippen LogP contribution is 2.30. The number of hydrogen-bond acceptors (Lipinski definition) is 10. The molecular weight excluding hydrogens is 692 g/mol. The van der Waals surface area contributed by atoms with Gasteiger partial charge >= 0.3 is 5.97 Å². The van der Waals surface area contributed by atoms with Crippen LogP contribution in [0.25, 0.3) is 22.5 Å². The molecule has 1 atom stereocenters. The lowest BCUT2D eigenvalue weighted by Gasteiger charge is -2.26. The molecule has 0 saturated carbocycles. The molecule has 2 aromatic carbocycles. The van der Waals surface area contributed by atoms with Crippen LogP contribution >= 0.6 is 12.4 Å². The van der Waals surface area contributed by atoms with Crippen molar-refractivity contribution in [1.29, 1.82) is 0 Å². The smallest absolute Gasteiger partial charge is 0.335 e. The number of halogens is 1. The van der Waals surface area contributed by atoms with Crippen molar-refractivity contribution in [2.24, 2.45) is 5.92 Å². The Balaban J connectivity index is 0.00000583. The Labute approximate surface area is 305 Å². The molecule has 0 aliphatic rings. The number of carboxylic acid groups (broad SMARTS) is 1. The van der Waals surface area contributed by atoms with Crippen LogP contribution in [0.5, 0.6) is 5.88 Å².